The molecule has 0 aliphatic carbocycles. The highest BCUT2D eigenvalue weighted by molar-refractivity contribution is 6.31. The van der Waals surface area contributed by atoms with Crippen molar-refractivity contribution in [2.24, 2.45) is 5.92 Å². The number of nitrogens with one attached hydrogen (secondary N) is 1. The van der Waals surface area contributed by atoms with Crippen molar-refractivity contribution in [3.8, 4) is 5.75 Å². The summed E-state index contributed by atoms with van der Waals surface area (Å²) in [5, 5.41) is 11.7. The molecule has 1 saturated heterocycles. The van der Waals surface area contributed by atoms with Gasteiger partial charge in [0.1, 0.15) is 11.8 Å². The number of ether oxygens (including phenoxy) is 1. The van der Waals surface area contributed by atoms with Crippen LogP contribution in [0.1, 0.15) is 13.3 Å². The molecule has 0 saturated carbocycles. The first-order valence-corrected chi connectivity index (χ1v) is 7.38. The molecule has 0 spiro atoms. The number of aliphatic carboxylic acids is 1. The number of halogens is 1. The Balaban J connectivity index is 2.16. The van der Waals surface area contributed by atoms with Gasteiger partial charge in [0.2, 0.25) is 11.8 Å². The molecule has 0 radical (unpaired) electrons. The third kappa shape index (κ3) is 3.73. The molecule has 1 aromatic rings. The van der Waals surface area contributed by atoms with Gasteiger partial charge in [-0.1, -0.05) is 11.6 Å². The van der Waals surface area contributed by atoms with Crippen LogP contribution in [0.15, 0.2) is 18.2 Å². The molecule has 7 nitrogen and oxygen atoms in total. The molecule has 124 valence electrons. The maximum Gasteiger partial charge on any atom is 0.325 e. The minimum absolute atomic E-state index is 0.00778. The van der Waals surface area contributed by atoms with E-state index in [-0.39, 0.29) is 18.9 Å². The Hall–Kier alpha value is -2.28. The Morgan fingerprint density at radius 3 is 2.78 bits per heavy atom. The van der Waals surface area contributed by atoms with Crippen LogP contribution in [0.3, 0.4) is 0 Å². The van der Waals surface area contributed by atoms with E-state index in [0.29, 0.717) is 16.5 Å². The van der Waals surface area contributed by atoms with Gasteiger partial charge in [0.05, 0.1) is 18.7 Å². The lowest BCUT2D eigenvalue weighted by atomic mass is 10.1. The zero-order valence-electron chi connectivity index (χ0n) is 12.7. The van der Waals surface area contributed by atoms with E-state index in [4.69, 9.17) is 21.4 Å². The number of carboxylic acid groups (broad SMARTS) is 1. The SMILES string of the molecule is COc1ccc(Cl)cc1N1CC(C(=O)N[C@H](C)C(=O)O)CC1=O. The molecule has 1 heterocycles. The maximum absolute atomic E-state index is 12.2. The number of nitrogens with zero attached hydrogens (tertiary/aromatic N) is 1. The molecule has 2 amide bonds. The zero-order chi connectivity index (χ0) is 17.1. The van der Waals surface area contributed by atoms with Gasteiger partial charge < -0.3 is 20.1 Å². The van der Waals surface area contributed by atoms with E-state index < -0.39 is 23.8 Å². The second-order valence-electron chi connectivity index (χ2n) is 5.29. The summed E-state index contributed by atoms with van der Waals surface area (Å²) in [5.74, 6) is -1.97. The number of carbonyl (C=O) groups excluding carboxylic acids is 2. The number of methoxy groups -OCH3 is 1. The van der Waals surface area contributed by atoms with Gasteiger partial charge in [-0.3, -0.25) is 14.4 Å². The van der Waals surface area contributed by atoms with E-state index >= 15 is 0 Å². The van der Waals surface area contributed by atoms with Gasteiger partial charge in [-0.25, -0.2) is 0 Å². The van der Waals surface area contributed by atoms with E-state index in [0.717, 1.165) is 0 Å². The van der Waals surface area contributed by atoms with E-state index in [2.05, 4.69) is 5.32 Å². The molecule has 1 aliphatic heterocycles. The number of carbonyl (C=O) groups is 3. The van der Waals surface area contributed by atoms with E-state index in [1.807, 2.05) is 0 Å². The number of carboxylic acids is 1. The van der Waals surface area contributed by atoms with Gasteiger partial charge in [0.25, 0.3) is 0 Å². The van der Waals surface area contributed by atoms with Crippen LogP contribution in [0.2, 0.25) is 5.02 Å². The van der Waals surface area contributed by atoms with Crippen molar-refractivity contribution in [2.75, 3.05) is 18.6 Å². The summed E-state index contributed by atoms with van der Waals surface area (Å²) in [6.45, 7) is 1.52. The van der Waals surface area contributed by atoms with Crippen molar-refractivity contribution >= 4 is 35.1 Å². The zero-order valence-corrected chi connectivity index (χ0v) is 13.5. The van der Waals surface area contributed by atoms with Crippen LogP contribution in [0, 0.1) is 5.92 Å². The maximum atomic E-state index is 12.2. The highest BCUT2D eigenvalue weighted by atomic mass is 35.5. The van der Waals surface area contributed by atoms with E-state index in [1.165, 1.54) is 18.9 Å². The average molecular weight is 341 g/mol. The van der Waals surface area contributed by atoms with Crippen LogP contribution in [-0.4, -0.2) is 42.6 Å². The number of benzene rings is 1. The van der Waals surface area contributed by atoms with Crippen LogP contribution in [0.5, 0.6) is 5.75 Å². The Morgan fingerprint density at radius 1 is 1.48 bits per heavy atom. The molecule has 2 rings (SSSR count). The van der Waals surface area contributed by atoms with Gasteiger partial charge in [-0.2, -0.15) is 0 Å². The van der Waals surface area contributed by atoms with Gasteiger partial charge in [-0.05, 0) is 25.1 Å². The monoisotopic (exact) mass is 340 g/mol. The lowest BCUT2D eigenvalue weighted by Gasteiger charge is -2.20. The van der Waals surface area contributed by atoms with Crippen LogP contribution in [0.25, 0.3) is 0 Å². The van der Waals surface area contributed by atoms with E-state index in [1.54, 1.807) is 18.2 Å². The van der Waals surface area contributed by atoms with Crippen molar-refractivity contribution in [3.05, 3.63) is 23.2 Å². The quantitative estimate of drug-likeness (QED) is 0.842. The molecule has 0 aromatic heterocycles. The Morgan fingerprint density at radius 2 is 2.17 bits per heavy atom. The summed E-state index contributed by atoms with van der Waals surface area (Å²) in [7, 11) is 1.48. The summed E-state index contributed by atoms with van der Waals surface area (Å²) >= 11 is 5.96. The van der Waals surface area contributed by atoms with Crippen LogP contribution < -0.4 is 15.0 Å². The van der Waals surface area contributed by atoms with Crippen molar-refractivity contribution < 1.29 is 24.2 Å². The van der Waals surface area contributed by atoms with E-state index in [9.17, 15) is 14.4 Å². The van der Waals surface area contributed by atoms with Crippen molar-refractivity contribution in [1.29, 1.82) is 0 Å². The number of hydrogen-bond acceptors (Lipinski definition) is 4. The summed E-state index contributed by atoms with van der Waals surface area (Å²) in [6, 6.07) is 3.87. The highest BCUT2D eigenvalue weighted by Gasteiger charge is 2.37. The first-order chi connectivity index (χ1) is 10.8. The van der Waals surface area contributed by atoms with Gasteiger partial charge in [0.15, 0.2) is 0 Å². The number of rotatable bonds is 5. The standard InChI is InChI=1S/C15H17ClN2O5/c1-8(15(21)22)17-14(20)9-5-13(19)18(7-9)11-6-10(16)3-4-12(11)23-2/h3-4,6,8-9H,5,7H2,1-2H3,(H,17,20)(H,21,22)/t8-,9?/m1/s1. The fraction of sp³-hybridized carbons (Fsp3) is 0.400. The molecule has 1 fully saturated rings. The van der Waals surface area contributed by atoms with Crippen LogP contribution in [0.4, 0.5) is 5.69 Å². The predicted molar refractivity (Wildman–Crippen MR) is 83.7 cm³/mol. The third-order valence-electron chi connectivity index (χ3n) is 3.66. The molecule has 0 bridgehead atoms. The molecule has 8 heteroatoms. The van der Waals surface area contributed by atoms with Crippen LogP contribution >= 0.6 is 11.6 Å². The topological polar surface area (TPSA) is 95.9 Å². The van der Waals surface area contributed by atoms with Crippen molar-refractivity contribution in [2.45, 2.75) is 19.4 Å². The molecule has 1 unspecified atom stereocenters. The summed E-state index contributed by atoms with van der Waals surface area (Å²) in [5.41, 5.74) is 0.492. The van der Waals surface area contributed by atoms with Gasteiger partial charge in [0, 0.05) is 18.0 Å². The van der Waals surface area contributed by atoms with Crippen molar-refractivity contribution in [1.82, 2.24) is 5.32 Å². The second-order valence-corrected chi connectivity index (χ2v) is 5.73. The molecule has 2 atom stereocenters. The van der Waals surface area contributed by atoms with Gasteiger partial charge >= 0.3 is 5.97 Å². The Bertz CT molecular complexity index is 649. The third-order valence-corrected chi connectivity index (χ3v) is 3.89. The first kappa shape index (κ1) is 17.1. The lowest BCUT2D eigenvalue weighted by Crippen LogP contribution is -2.42. The summed E-state index contributed by atoms with van der Waals surface area (Å²) < 4.78 is 5.22. The number of hydrogen-bond donors (Lipinski definition) is 2. The Kier molecular flexibility index (Phi) is 5.10. The number of amides is 2. The fourth-order valence-electron chi connectivity index (χ4n) is 2.38. The molecular formula is C15H17ClN2O5. The largest absolute Gasteiger partial charge is 0.495 e. The molecular weight excluding hydrogens is 324 g/mol. The molecule has 2 N–H and O–H groups in total. The summed E-state index contributed by atoms with van der Waals surface area (Å²) in [6.07, 6.45) is 0.00778. The van der Waals surface area contributed by atoms with Crippen LogP contribution in [-0.2, 0) is 14.4 Å². The molecule has 23 heavy (non-hydrogen) atoms. The van der Waals surface area contributed by atoms with Crippen molar-refractivity contribution in [3.63, 3.8) is 0 Å². The minimum atomic E-state index is -1.13. The highest BCUT2D eigenvalue weighted by Crippen LogP contribution is 2.35. The lowest BCUT2D eigenvalue weighted by molar-refractivity contribution is -0.141. The van der Waals surface area contributed by atoms with Gasteiger partial charge in [-0.15, -0.1) is 0 Å². The molecule has 1 aromatic carbocycles. The summed E-state index contributed by atoms with van der Waals surface area (Å²) in [4.78, 5) is 36.5. The minimum Gasteiger partial charge on any atom is -0.495 e. The number of anilines is 1. The first-order valence-electron chi connectivity index (χ1n) is 7.00. The fourth-order valence-corrected chi connectivity index (χ4v) is 2.55. The smallest absolute Gasteiger partial charge is 0.325 e. The predicted octanol–water partition coefficient (Wildman–Crippen LogP) is 1.29. The second kappa shape index (κ2) is 6.87. The Labute approximate surface area is 138 Å². The normalized spacial score (nSPS) is 18.7. The molecule has 1 aliphatic rings. The average Bonchev–Trinajstić information content (AvgIpc) is 2.89.